The van der Waals surface area contributed by atoms with Gasteiger partial charge in [0.15, 0.2) is 0 Å². The predicted molar refractivity (Wildman–Crippen MR) is 56.1 cm³/mol. The first-order valence-electron chi connectivity index (χ1n) is 4.73. The SMILES string of the molecule is CC(O)N(C)C(=O)OCc1ccccc1. The van der Waals surface area contributed by atoms with E-state index < -0.39 is 12.3 Å². The molecule has 0 aromatic heterocycles. The molecular formula is C11H15NO3. The zero-order valence-corrected chi connectivity index (χ0v) is 8.88. The van der Waals surface area contributed by atoms with Gasteiger partial charge in [-0.05, 0) is 12.5 Å². The van der Waals surface area contributed by atoms with E-state index >= 15 is 0 Å². The maximum absolute atomic E-state index is 11.3. The van der Waals surface area contributed by atoms with Crippen molar-refractivity contribution < 1.29 is 14.6 Å². The lowest BCUT2D eigenvalue weighted by atomic mass is 10.2. The van der Waals surface area contributed by atoms with Crippen molar-refractivity contribution in [3.8, 4) is 0 Å². The lowest BCUT2D eigenvalue weighted by molar-refractivity contribution is 0.0221. The van der Waals surface area contributed by atoms with E-state index in [0.29, 0.717) is 0 Å². The monoisotopic (exact) mass is 209 g/mol. The molecule has 1 amide bonds. The van der Waals surface area contributed by atoms with Crippen LogP contribution in [0.15, 0.2) is 30.3 Å². The number of ether oxygens (including phenoxy) is 1. The fourth-order valence-corrected chi connectivity index (χ4v) is 0.974. The van der Waals surface area contributed by atoms with Gasteiger partial charge in [0.25, 0.3) is 0 Å². The molecule has 0 aliphatic carbocycles. The number of nitrogens with zero attached hydrogens (tertiary/aromatic N) is 1. The maximum atomic E-state index is 11.3. The molecule has 0 bridgehead atoms. The highest BCUT2D eigenvalue weighted by atomic mass is 16.6. The van der Waals surface area contributed by atoms with Crippen LogP contribution in [0.3, 0.4) is 0 Å². The van der Waals surface area contributed by atoms with Crippen LogP contribution in [0.2, 0.25) is 0 Å². The van der Waals surface area contributed by atoms with Gasteiger partial charge in [-0.25, -0.2) is 4.79 Å². The molecule has 0 spiro atoms. The van der Waals surface area contributed by atoms with Crippen LogP contribution in [0.4, 0.5) is 4.79 Å². The normalized spacial score (nSPS) is 11.9. The van der Waals surface area contributed by atoms with Crippen molar-refractivity contribution in [1.82, 2.24) is 4.90 Å². The number of aliphatic hydroxyl groups is 1. The Labute approximate surface area is 89.1 Å². The minimum absolute atomic E-state index is 0.219. The van der Waals surface area contributed by atoms with Gasteiger partial charge in [-0.3, -0.25) is 4.90 Å². The molecule has 1 aromatic carbocycles. The minimum atomic E-state index is -0.840. The van der Waals surface area contributed by atoms with Gasteiger partial charge in [-0.2, -0.15) is 0 Å². The molecule has 0 heterocycles. The van der Waals surface area contributed by atoms with Crippen molar-refractivity contribution in [3.05, 3.63) is 35.9 Å². The predicted octanol–water partition coefficient (Wildman–Crippen LogP) is 1.59. The van der Waals surface area contributed by atoms with Crippen molar-refractivity contribution in [2.45, 2.75) is 19.8 Å². The van der Waals surface area contributed by atoms with Gasteiger partial charge in [-0.15, -0.1) is 0 Å². The average Bonchev–Trinajstić information content (AvgIpc) is 2.26. The van der Waals surface area contributed by atoms with E-state index in [1.807, 2.05) is 30.3 Å². The van der Waals surface area contributed by atoms with Gasteiger partial charge in [0, 0.05) is 7.05 Å². The van der Waals surface area contributed by atoms with E-state index in [2.05, 4.69) is 0 Å². The van der Waals surface area contributed by atoms with Crippen LogP contribution in [0.1, 0.15) is 12.5 Å². The summed E-state index contributed by atoms with van der Waals surface area (Å²) in [4.78, 5) is 12.4. The second-order valence-electron chi connectivity index (χ2n) is 3.28. The number of aliphatic hydroxyl groups excluding tert-OH is 1. The summed E-state index contributed by atoms with van der Waals surface area (Å²) in [6.07, 6.45) is -1.37. The Morgan fingerprint density at radius 1 is 1.47 bits per heavy atom. The molecule has 1 atom stereocenters. The first-order valence-corrected chi connectivity index (χ1v) is 4.73. The van der Waals surface area contributed by atoms with Crippen molar-refractivity contribution in [2.75, 3.05) is 7.05 Å². The van der Waals surface area contributed by atoms with Crippen LogP contribution in [-0.4, -0.2) is 29.4 Å². The Hall–Kier alpha value is -1.55. The number of carbonyl (C=O) groups is 1. The summed E-state index contributed by atoms with van der Waals surface area (Å²) in [5, 5.41) is 9.11. The molecule has 0 aliphatic rings. The molecule has 4 heteroatoms. The van der Waals surface area contributed by atoms with Gasteiger partial charge >= 0.3 is 6.09 Å². The van der Waals surface area contributed by atoms with Gasteiger partial charge in [-0.1, -0.05) is 30.3 Å². The zero-order valence-electron chi connectivity index (χ0n) is 8.88. The fraction of sp³-hybridized carbons (Fsp3) is 0.364. The molecule has 1 rings (SSSR count). The summed E-state index contributed by atoms with van der Waals surface area (Å²) in [6.45, 7) is 1.72. The molecule has 1 unspecified atom stereocenters. The Balaban J connectivity index is 2.41. The third kappa shape index (κ3) is 3.59. The first kappa shape index (κ1) is 11.5. The molecule has 0 saturated heterocycles. The van der Waals surface area contributed by atoms with Crippen LogP contribution in [-0.2, 0) is 11.3 Å². The molecule has 1 N–H and O–H groups in total. The topological polar surface area (TPSA) is 49.8 Å². The molecule has 4 nitrogen and oxygen atoms in total. The summed E-state index contributed by atoms with van der Waals surface area (Å²) < 4.78 is 4.98. The quantitative estimate of drug-likeness (QED) is 0.769. The van der Waals surface area contributed by atoms with Crippen LogP contribution < -0.4 is 0 Å². The van der Waals surface area contributed by atoms with Crippen LogP contribution in [0, 0.1) is 0 Å². The summed E-state index contributed by atoms with van der Waals surface area (Å²) >= 11 is 0. The number of hydrogen-bond donors (Lipinski definition) is 1. The lowest BCUT2D eigenvalue weighted by Gasteiger charge is -2.19. The summed E-state index contributed by atoms with van der Waals surface area (Å²) in [5.41, 5.74) is 0.921. The van der Waals surface area contributed by atoms with E-state index in [9.17, 15) is 4.79 Å². The largest absolute Gasteiger partial charge is 0.444 e. The molecule has 0 aliphatic heterocycles. The average molecular weight is 209 g/mol. The second-order valence-corrected chi connectivity index (χ2v) is 3.28. The summed E-state index contributed by atoms with van der Waals surface area (Å²) in [7, 11) is 1.48. The van der Waals surface area contributed by atoms with Gasteiger partial charge in [0.2, 0.25) is 0 Å². The molecule has 0 saturated carbocycles. The number of hydrogen-bond acceptors (Lipinski definition) is 3. The molecular weight excluding hydrogens is 194 g/mol. The van der Waals surface area contributed by atoms with Crippen LogP contribution in [0.5, 0.6) is 0 Å². The van der Waals surface area contributed by atoms with Crippen molar-refractivity contribution in [1.29, 1.82) is 0 Å². The highest BCUT2D eigenvalue weighted by Gasteiger charge is 2.13. The Kier molecular flexibility index (Phi) is 4.12. The first-order chi connectivity index (χ1) is 7.11. The third-order valence-corrected chi connectivity index (χ3v) is 2.05. The maximum Gasteiger partial charge on any atom is 0.411 e. The smallest absolute Gasteiger partial charge is 0.411 e. The number of rotatable bonds is 3. The number of amides is 1. The standard InChI is InChI=1S/C11H15NO3/c1-9(13)12(2)11(14)15-8-10-6-4-3-5-7-10/h3-7,9,13H,8H2,1-2H3. The van der Waals surface area contributed by atoms with Crippen LogP contribution >= 0.6 is 0 Å². The van der Waals surface area contributed by atoms with Crippen molar-refractivity contribution in [3.63, 3.8) is 0 Å². The molecule has 0 fully saturated rings. The fourth-order valence-electron chi connectivity index (χ4n) is 0.974. The Morgan fingerprint density at radius 2 is 2.07 bits per heavy atom. The number of benzene rings is 1. The highest BCUT2D eigenvalue weighted by molar-refractivity contribution is 5.67. The van der Waals surface area contributed by atoms with Crippen LogP contribution in [0.25, 0.3) is 0 Å². The third-order valence-electron chi connectivity index (χ3n) is 2.05. The van der Waals surface area contributed by atoms with Gasteiger partial charge in [0.05, 0.1) is 0 Å². The minimum Gasteiger partial charge on any atom is -0.444 e. The summed E-state index contributed by atoms with van der Waals surface area (Å²) in [6, 6.07) is 9.39. The van der Waals surface area contributed by atoms with Crippen molar-refractivity contribution >= 4 is 6.09 Å². The van der Waals surface area contributed by atoms with Crippen molar-refractivity contribution in [2.24, 2.45) is 0 Å². The van der Waals surface area contributed by atoms with E-state index in [1.54, 1.807) is 0 Å². The van der Waals surface area contributed by atoms with Gasteiger partial charge in [0.1, 0.15) is 12.8 Å². The molecule has 0 radical (unpaired) electrons. The molecule has 1 aromatic rings. The van der Waals surface area contributed by atoms with E-state index in [0.717, 1.165) is 10.5 Å². The van der Waals surface area contributed by atoms with E-state index in [4.69, 9.17) is 9.84 Å². The zero-order chi connectivity index (χ0) is 11.3. The molecule has 82 valence electrons. The number of carbonyl (C=O) groups excluding carboxylic acids is 1. The van der Waals surface area contributed by atoms with Gasteiger partial charge < -0.3 is 9.84 Å². The summed E-state index contributed by atoms with van der Waals surface area (Å²) in [5.74, 6) is 0. The lowest BCUT2D eigenvalue weighted by Crippen LogP contribution is -2.35. The Bertz CT molecular complexity index is 311. The van der Waals surface area contributed by atoms with E-state index in [-0.39, 0.29) is 6.61 Å². The second kappa shape index (κ2) is 5.36. The highest BCUT2D eigenvalue weighted by Crippen LogP contribution is 2.03. The Morgan fingerprint density at radius 3 is 2.60 bits per heavy atom. The van der Waals surface area contributed by atoms with E-state index in [1.165, 1.54) is 14.0 Å². The molecule has 15 heavy (non-hydrogen) atoms.